The molecule has 1 atom stereocenters. The number of nitrogens with two attached hydrogens (primary N) is 1. The molecule has 1 fully saturated rings. The van der Waals surface area contributed by atoms with Gasteiger partial charge in [0.15, 0.2) is 0 Å². The van der Waals surface area contributed by atoms with Crippen LogP contribution in [0.3, 0.4) is 0 Å². The molecule has 0 saturated carbocycles. The van der Waals surface area contributed by atoms with E-state index in [1.54, 1.807) is 0 Å². The molecule has 3 N–H and O–H groups in total. The number of nitrogens with one attached hydrogen (secondary N) is 1. The highest BCUT2D eigenvalue weighted by Crippen LogP contribution is 2.24. The standard InChI is InChI=1S/C12H23N5/c1-4-10-11(13)12(17(3)15-10)14-9-6-5-7-16(2)8-9/h9,14H,4-8,13H2,1-3H3. The van der Waals surface area contributed by atoms with Gasteiger partial charge in [-0.05, 0) is 32.9 Å². The van der Waals surface area contributed by atoms with E-state index in [2.05, 4.69) is 29.3 Å². The number of rotatable bonds is 3. The van der Waals surface area contributed by atoms with Crippen molar-refractivity contribution in [3.63, 3.8) is 0 Å². The molecule has 0 aliphatic carbocycles. The van der Waals surface area contributed by atoms with E-state index in [0.29, 0.717) is 6.04 Å². The quantitative estimate of drug-likeness (QED) is 0.825. The summed E-state index contributed by atoms with van der Waals surface area (Å²) in [6.45, 7) is 4.35. The second-order valence-corrected chi connectivity index (χ2v) is 4.93. The van der Waals surface area contributed by atoms with Gasteiger partial charge in [-0.25, -0.2) is 0 Å². The fraction of sp³-hybridized carbons (Fsp3) is 0.750. The van der Waals surface area contributed by atoms with Gasteiger partial charge in [-0.3, -0.25) is 4.68 Å². The highest BCUT2D eigenvalue weighted by molar-refractivity contribution is 5.65. The molecule has 5 nitrogen and oxygen atoms in total. The first-order valence-corrected chi connectivity index (χ1v) is 6.38. The van der Waals surface area contributed by atoms with E-state index in [1.165, 1.54) is 19.4 Å². The van der Waals surface area contributed by atoms with Crippen molar-refractivity contribution >= 4 is 11.5 Å². The van der Waals surface area contributed by atoms with E-state index < -0.39 is 0 Å². The van der Waals surface area contributed by atoms with Gasteiger partial charge in [0.25, 0.3) is 0 Å². The molecule has 0 spiro atoms. The van der Waals surface area contributed by atoms with Crippen LogP contribution in [0.25, 0.3) is 0 Å². The first-order valence-electron chi connectivity index (χ1n) is 6.38. The Bertz CT molecular complexity index is 384. The zero-order valence-electron chi connectivity index (χ0n) is 11.0. The summed E-state index contributed by atoms with van der Waals surface area (Å²) in [4.78, 5) is 2.36. The van der Waals surface area contributed by atoms with Crippen molar-refractivity contribution in [2.75, 3.05) is 31.2 Å². The minimum Gasteiger partial charge on any atom is -0.394 e. The predicted octanol–water partition coefficient (Wildman–Crippen LogP) is 1.07. The minimum absolute atomic E-state index is 0.483. The summed E-state index contributed by atoms with van der Waals surface area (Å²) in [5.74, 6) is 0.974. The van der Waals surface area contributed by atoms with Crippen LogP contribution in [-0.2, 0) is 13.5 Å². The van der Waals surface area contributed by atoms with Crippen molar-refractivity contribution in [3.05, 3.63) is 5.69 Å². The van der Waals surface area contributed by atoms with Crippen LogP contribution in [0.2, 0.25) is 0 Å². The third-order valence-corrected chi connectivity index (χ3v) is 3.46. The Morgan fingerprint density at radius 1 is 1.47 bits per heavy atom. The first-order chi connectivity index (χ1) is 8.11. The molecule has 1 saturated heterocycles. The molecule has 1 unspecified atom stereocenters. The number of hydrogen-bond donors (Lipinski definition) is 2. The van der Waals surface area contributed by atoms with Crippen LogP contribution in [0.4, 0.5) is 11.5 Å². The van der Waals surface area contributed by atoms with Crippen molar-refractivity contribution in [2.45, 2.75) is 32.2 Å². The van der Waals surface area contributed by atoms with Crippen molar-refractivity contribution in [3.8, 4) is 0 Å². The van der Waals surface area contributed by atoms with Gasteiger partial charge in [-0.15, -0.1) is 0 Å². The van der Waals surface area contributed by atoms with Gasteiger partial charge in [0.05, 0.1) is 11.4 Å². The van der Waals surface area contributed by atoms with Crippen LogP contribution < -0.4 is 11.1 Å². The maximum absolute atomic E-state index is 6.11. The zero-order valence-corrected chi connectivity index (χ0v) is 11.0. The lowest BCUT2D eigenvalue weighted by molar-refractivity contribution is 0.260. The lowest BCUT2D eigenvalue weighted by Gasteiger charge is -2.30. The fourth-order valence-electron chi connectivity index (χ4n) is 2.51. The van der Waals surface area contributed by atoms with Crippen LogP contribution in [0.1, 0.15) is 25.5 Å². The average Bonchev–Trinajstić information content (AvgIpc) is 2.56. The molecule has 1 aromatic rings. The van der Waals surface area contributed by atoms with Crippen LogP contribution in [0.15, 0.2) is 0 Å². The summed E-state index contributed by atoms with van der Waals surface area (Å²) >= 11 is 0. The molecule has 96 valence electrons. The molecule has 1 aliphatic heterocycles. The lowest BCUT2D eigenvalue weighted by atomic mass is 10.1. The number of anilines is 2. The highest BCUT2D eigenvalue weighted by Gasteiger charge is 2.20. The molecule has 2 rings (SSSR count). The van der Waals surface area contributed by atoms with Crippen LogP contribution >= 0.6 is 0 Å². The van der Waals surface area contributed by atoms with Gasteiger partial charge >= 0.3 is 0 Å². The molecule has 1 aromatic heterocycles. The summed E-state index contributed by atoms with van der Waals surface area (Å²) in [6, 6.07) is 0.483. The summed E-state index contributed by atoms with van der Waals surface area (Å²) < 4.78 is 1.86. The third-order valence-electron chi connectivity index (χ3n) is 3.46. The normalized spacial score (nSPS) is 21.7. The topological polar surface area (TPSA) is 59.1 Å². The predicted molar refractivity (Wildman–Crippen MR) is 71.1 cm³/mol. The Morgan fingerprint density at radius 3 is 2.82 bits per heavy atom. The Balaban J connectivity index is 2.10. The van der Waals surface area contributed by atoms with Gasteiger partial charge in [0.1, 0.15) is 5.82 Å². The molecule has 0 amide bonds. The summed E-state index contributed by atoms with van der Waals surface area (Å²) in [6.07, 6.45) is 3.33. The van der Waals surface area contributed by atoms with Crippen LogP contribution in [-0.4, -0.2) is 40.9 Å². The summed E-state index contributed by atoms with van der Waals surface area (Å²) in [5, 5.41) is 7.97. The molecule has 5 heteroatoms. The van der Waals surface area contributed by atoms with Gasteiger partial charge in [0.2, 0.25) is 0 Å². The number of likely N-dealkylation sites (N-methyl/N-ethyl adjacent to an activating group) is 1. The smallest absolute Gasteiger partial charge is 0.148 e. The first kappa shape index (κ1) is 12.2. The van der Waals surface area contributed by atoms with Crippen LogP contribution in [0.5, 0.6) is 0 Å². The number of aryl methyl sites for hydroxylation is 2. The highest BCUT2D eigenvalue weighted by atomic mass is 15.3. The molecule has 0 radical (unpaired) electrons. The molecule has 1 aliphatic rings. The van der Waals surface area contributed by atoms with E-state index in [-0.39, 0.29) is 0 Å². The summed E-state index contributed by atoms with van der Waals surface area (Å²) in [5.41, 5.74) is 7.90. The van der Waals surface area contributed by atoms with E-state index in [9.17, 15) is 0 Å². The maximum Gasteiger partial charge on any atom is 0.148 e. The van der Waals surface area contributed by atoms with Gasteiger partial charge in [0, 0.05) is 19.6 Å². The van der Waals surface area contributed by atoms with Gasteiger partial charge in [-0.2, -0.15) is 5.10 Å². The number of likely N-dealkylation sites (tertiary alicyclic amines) is 1. The zero-order chi connectivity index (χ0) is 12.4. The molecule has 0 aromatic carbocycles. The second-order valence-electron chi connectivity index (χ2n) is 4.93. The van der Waals surface area contributed by atoms with Crippen molar-refractivity contribution in [2.24, 2.45) is 7.05 Å². The van der Waals surface area contributed by atoms with Gasteiger partial charge < -0.3 is 16.0 Å². The second kappa shape index (κ2) is 4.96. The van der Waals surface area contributed by atoms with E-state index in [1.807, 2.05) is 11.7 Å². The minimum atomic E-state index is 0.483. The van der Waals surface area contributed by atoms with Crippen molar-refractivity contribution in [1.82, 2.24) is 14.7 Å². The number of piperidine rings is 1. The number of hydrogen-bond acceptors (Lipinski definition) is 4. The number of nitrogens with zero attached hydrogens (tertiary/aromatic N) is 3. The average molecular weight is 237 g/mol. The molecule has 2 heterocycles. The Kier molecular flexibility index (Phi) is 3.57. The largest absolute Gasteiger partial charge is 0.394 e. The number of aromatic nitrogens is 2. The van der Waals surface area contributed by atoms with Crippen molar-refractivity contribution < 1.29 is 0 Å². The van der Waals surface area contributed by atoms with E-state index in [0.717, 1.165) is 30.2 Å². The molecular weight excluding hydrogens is 214 g/mol. The van der Waals surface area contributed by atoms with Crippen molar-refractivity contribution in [1.29, 1.82) is 0 Å². The summed E-state index contributed by atoms with van der Waals surface area (Å²) in [7, 11) is 4.11. The molecular formula is C12H23N5. The fourth-order valence-corrected chi connectivity index (χ4v) is 2.51. The lowest BCUT2D eigenvalue weighted by Crippen LogP contribution is -2.40. The monoisotopic (exact) mass is 237 g/mol. The molecule has 0 bridgehead atoms. The number of nitrogen functional groups attached to an aromatic ring is 1. The van der Waals surface area contributed by atoms with E-state index >= 15 is 0 Å². The van der Waals surface area contributed by atoms with Gasteiger partial charge in [-0.1, -0.05) is 6.92 Å². The molecule has 17 heavy (non-hydrogen) atoms. The Hall–Kier alpha value is -1.23. The van der Waals surface area contributed by atoms with Crippen LogP contribution in [0, 0.1) is 0 Å². The maximum atomic E-state index is 6.11. The Labute approximate surface area is 103 Å². The third kappa shape index (κ3) is 2.54. The Morgan fingerprint density at radius 2 is 2.24 bits per heavy atom. The van der Waals surface area contributed by atoms with E-state index in [4.69, 9.17) is 5.73 Å². The SMILES string of the molecule is CCc1nn(C)c(NC2CCCN(C)C2)c1N.